The molecule has 1 aliphatic rings. The summed E-state index contributed by atoms with van der Waals surface area (Å²) in [5.41, 5.74) is 0.375. The molecule has 0 radical (unpaired) electrons. The second-order valence-electron chi connectivity index (χ2n) is 6.76. The predicted octanol–water partition coefficient (Wildman–Crippen LogP) is 9.21. The third kappa shape index (κ3) is 4.00. The summed E-state index contributed by atoms with van der Waals surface area (Å²) in [4.78, 5) is 12.3. The number of ether oxygens (including phenoxy) is 1. The Kier molecular flexibility index (Phi) is 7.28. The van der Waals surface area contributed by atoms with Gasteiger partial charge in [0.05, 0.1) is 42.8 Å². The number of benzene rings is 3. The summed E-state index contributed by atoms with van der Waals surface area (Å²) in [5.74, 6) is -2.46. The van der Waals surface area contributed by atoms with E-state index in [0.717, 1.165) is 0 Å². The maximum atomic E-state index is 12.3. The Morgan fingerprint density at radius 1 is 0.788 bits per heavy atom. The van der Waals surface area contributed by atoms with E-state index >= 15 is 0 Å². The number of carboxylic acids is 1. The number of aromatic hydroxyl groups is 2. The first kappa shape index (κ1) is 25.8. The van der Waals surface area contributed by atoms with Crippen molar-refractivity contribution in [1.29, 1.82) is 0 Å². The van der Waals surface area contributed by atoms with Gasteiger partial charge in [-0.2, -0.15) is 0 Å². The Balaban J connectivity index is 2.24. The van der Waals surface area contributed by atoms with Gasteiger partial charge in [0, 0.05) is 22.6 Å². The number of hydrogen-bond donors (Lipinski definition) is 3. The molecule has 1 aliphatic heterocycles. The van der Waals surface area contributed by atoms with Crippen LogP contribution in [-0.4, -0.2) is 21.3 Å². The van der Waals surface area contributed by atoms with Crippen LogP contribution in [0.3, 0.4) is 0 Å². The molecule has 3 aromatic rings. The predicted molar refractivity (Wildman–Crippen MR) is 146 cm³/mol. The van der Waals surface area contributed by atoms with Crippen LogP contribution in [0.15, 0.2) is 12.1 Å². The van der Waals surface area contributed by atoms with E-state index in [9.17, 15) is 20.1 Å². The largest absolute Gasteiger partial charge is 0.505 e. The number of aromatic carboxylic acids is 1. The number of fused-ring (bicyclic) bond motifs is 2. The molecule has 0 amide bonds. The zero-order valence-corrected chi connectivity index (χ0v) is 24.3. The highest BCUT2D eigenvalue weighted by atomic mass is 127. The lowest BCUT2D eigenvalue weighted by molar-refractivity contribution is 0.0695. The van der Waals surface area contributed by atoms with Gasteiger partial charge in [0.2, 0.25) is 0 Å². The van der Waals surface area contributed by atoms with Crippen molar-refractivity contribution < 1.29 is 24.9 Å². The molecule has 0 fully saturated rings. The van der Waals surface area contributed by atoms with Gasteiger partial charge in [-0.05, 0) is 57.3 Å². The SMILES string of the molecule is O=C(O)c1c(Cl)c(Cl)c(Cl)c(Cl)c1C1c2cc(Cl)c(O)c(I)c2Oc2c1cc(Cl)c(O)c2I. The standard InChI is InChI=1S/C20H6Cl6I2O5/c21-5-1-3-7(8-9(20(31)32)11(24)13(26)12(25)10(8)23)4-2-6(22)17(30)15(28)19(4)33-18(3)14(27)16(5)29/h1-2,7,29-30H,(H,31,32). The fourth-order valence-electron chi connectivity index (χ4n) is 3.56. The Hall–Kier alpha value is -0.270. The molecule has 0 saturated heterocycles. The molecule has 5 nitrogen and oxygen atoms in total. The summed E-state index contributed by atoms with van der Waals surface area (Å²) in [7, 11) is 0. The lowest BCUT2D eigenvalue weighted by Crippen LogP contribution is -2.18. The molecule has 0 aliphatic carbocycles. The smallest absolute Gasteiger partial charge is 0.337 e. The Labute approximate surface area is 243 Å². The Morgan fingerprint density at radius 3 is 1.64 bits per heavy atom. The number of rotatable bonds is 2. The van der Waals surface area contributed by atoms with Crippen molar-refractivity contribution in [3.05, 3.63) is 71.7 Å². The maximum Gasteiger partial charge on any atom is 0.337 e. The minimum Gasteiger partial charge on any atom is -0.505 e. The molecule has 0 aromatic heterocycles. The average molecular weight is 793 g/mol. The van der Waals surface area contributed by atoms with Gasteiger partial charge in [-0.3, -0.25) is 0 Å². The van der Waals surface area contributed by atoms with Crippen molar-refractivity contribution in [2.75, 3.05) is 0 Å². The molecule has 3 N–H and O–H groups in total. The van der Waals surface area contributed by atoms with Gasteiger partial charge >= 0.3 is 5.97 Å². The van der Waals surface area contributed by atoms with E-state index in [1.165, 1.54) is 12.1 Å². The molecule has 0 spiro atoms. The normalized spacial score (nSPS) is 12.8. The fraction of sp³-hybridized carbons (Fsp3) is 0.0500. The summed E-state index contributed by atoms with van der Waals surface area (Å²) < 4.78 is 6.57. The van der Waals surface area contributed by atoms with Gasteiger partial charge in [0.15, 0.2) is 11.5 Å². The summed E-state index contributed by atoms with van der Waals surface area (Å²) in [5, 5.41) is 30.0. The maximum absolute atomic E-state index is 12.3. The molecule has 1 heterocycles. The van der Waals surface area contributed by atoms with Crippen molar-refractivity contribution in [3.8, 4) is 23.0 Å². The minimum atomic E-state index is -1.40. The monoisotopic (exact) mass is 790 g/mol. The van der Waals surface area contributed by atoms with Gasteiger partial charge in [-0.1, -0.05) is 69.6 Å². The van der Waals surface area contributed by atoms with Crippen molar-refractivity contribution >= 4 is 121 Å². The molecule has 4 rings (SSSR count). The van der Waals surface area contributed by atoms with Crippen LogP contribution in [0.1, 0.15) is 33.0 Å². The number of phenols is 2. The van der Waals surface area contributed by atoms with Crippen molar-refractivity contribution in [2.45, 2.75) is 5.92 Å². The molecule has 0 bridgehead atoms. The number of carbonyl (C=O) groups is 1. The molecule has 13 heteroatoms. The fourth-order valence-corrected chi connectivity index (χ4v) is 6.79. The van der Waals surface area contributed by atoms with Gasteiger partial charge in [0.1, 0.15) is 11.5 Å². The van der Waals surface area contributed by atoms with Crippen LogP contribution in [-0.2, 0) is 0 Å². The first-order valence-corrected chi connectivity index (χ1v) is 13.0. The molecule has 0 atom stereocenters. The van der Waals surface area contributed by atoms with Crippen molar-refractivity contribution in [1.82, 2.24) is 0 Å². The topological polar surface area (TPSA) is 87.0 Å². The van der Waals surface area contributed by atoms with Gasteiger partial charge in [0.25, 0.3) is 0 Å². The molecular formula is C20H6Cl6I2O5. The zero-order valence-electron chi connectivity index (χ0n) is 15.4. The first-order valence-electron chi connectivity index (χ1n) is 8.57. The minimum absolute atomic E-state index is 0.00562. The Morgan fingerprint density at radius 2 is 1.21 bits per heavy atom. The third-order valence-corrected chi connectivity index (χ3v) is 9.38. The van der Waals surface area contributed by atoms with Gasteiger partial charge in [-0.15, -0.1) is 0 Å². The van der Waals surface area contributed by atoms with E-state index in [1.54, 1.807) is 0 Å². The highest BCUT2D eigenvalue weighted by Crippen LogP contribution is 2.58. The van der Waals surface area contributed by atoms with Crippen LogP contribution < -0.4 is 4.74 Å². The second-order valence-corrected chi connectivity index (χ2v) is 11.2. The van der Waals surface area contributed by atoms with E-state index in [2.05, 4.69) is 0 Å². The molecule has 0 unspecified atom stereocenters. The highest BCUT2D eigenvalue weighted by Gasteiger charge is 2.39. The number of hydrogen-bond acceptors (Lipinski definition) is 4. The van der Waals surface area contributed by atoms with Gasteiger partial charge in [-0.25, -0.2) is 4.79 Å². The van der Waals surface area contributed by atoms with Crippen LogP contribution >= 0.6 is 115 Å². The summed E-state index contributed by atoms with van der Waals surface area (Å²) >= 11 is 41.5. The van der Waals surface area contributed by atoms with E-state index in [0.29, 0.717) is 11.1 Å². The third-order valence-electron chi connectivity index (χ3n) is 4.99. The van der Waals surface area contributed by atoms with Crippen molar-refractivity contribution in [3.63, 3.8) is 0 Å². The Bertz CT molecular complexity index is 1330. The van der Waals surface area contributed by atoms with E-state index in [4.69, 9.17) is 74.3 Å². The van der Waals surface area contributed by atoms with Gasteiger partial charge < -0.3 is 20.1 Å². The molecule has 0 saturated carbocycles. The first-order chi connectivity index (χ1) is 15.4. The lowest BCUT2D eigenvalue weighted by Gasteiger charge is -2.32. The van der Waals surface area contributed by atoms with Crippen LogP contribution in [0, 0.1) is 7.14 Å². The second kappa shape index (κ2) is 9.31. The van der Waals surface area contributed by atoms with Crippen LogP contribution in [0.5, 0.6) is 23.0 Å². The van der Waals surface area contributed by atoms with Crippen LogP contribution in [0.2, 0.25) is 30.1 Å². The average Bonchev–Trinajstić information content (AvgIpc) is 2.76. The number of phenolic OH excluding ortho intramolecular Hbond substituents is 2. The summed E-state index contributed by atoms with van der Waals surface area (Å²) in [6.45, 7) is 0. The highest BCUT2D eigenvalue weighted by molar-refractivity contribution is 14.1. The van der Waals surface area contributed by atoms with E-state index in [1.807, 2.05) is 45.2 Å². The van der Waals surface area contributed by atoms with Crippen molar-refractivity contribution in [2.24, 2.45) is 0 Å². The molecule has 3 aromatic carbocycles. The molecule has 33 heavy (non-hydrogen) atoms. The van der Waals surface area contributed by atoms with E-state index < -0.39 is 11.9 Å². The molecule has 172 valence electrons. The zero-order chi connectivity index (χ0) is 24.5. The van der Waals surface area contributed by atoms with Crippen LogP contribution in [0.4, 0.5) is 0 Å². The lowest BCUT2D eigenvalue weighted by atomic mass is 9.80. The molecular weight excluding hydrogens is 787 g/mol. The van der Waals surface area contributed by atoms with E-state index in [-0.39, 0.29) is 71.4 Å². The number of halogens is 8. The quantitative estimate of drug-likeness (QED) is 0.107. The number of carboxylic acid groups (broad SMARTS) is 1. The summed E-state index contributed by atoms with van der Waals surface area (Å²) in [6, 6.07) is 2.85. The van der Waals surface area contributed by atoms with Crippen LogP contribution in [0.25, 0.3) is 0 Å². The summed E-state index contributed by atoms with van der Waals surface area (Å²) in [6.07, 6.45) is 0.